The fourth-order valence-corrected chi connectivity index (χ4v) is 3.10. The van der Waals surface area contributed by atoms with Crippen LogP contribution in [0.4, 0.5) is 5.69 Å². The van der Waals surface area contributed by atoms with Crippen molar-refractivity contribution >= 4 is 35.2 Å². The molecule has 33 heavy (non-hydrogen) atoms. The van der Waals surface area contributed by atoms with E-state index in [0.29, 0.717) is 22.0 Å². The summed E-state index contributed by atoms with van der Waals surface area (Å²) in [6.07, 6.45) is 1.39. The van der Waals surface area contributed by atoms with E-state index in [1.54, 1.807) is 30.3 Å². The van der Waals surface area contributed by atoms with Crippen LogP contribution in [-0.4, -0.2) is 18.4 Å². The lowest BCUT2D eigenvalue weighted by Gasteiger charge is -2.11. The van der Waals surface area contributed by atoms with Gasteiger partial charge in [0.2, 0.25) is 0 Å². The summed E-state index contributed by atoms with van der Waals surface area (Å²) >= 11 is 6.10. The van der Waals surface area contributed by atoms with Crippen LogP contribution in [0.25, 0.3) is 6.08 Å². The molecule has 0 aliphatic carbocycles. The normalized spacial score (nSPS) is 10.8. The third kappa shape index (κ3) is 7.23. The molecule has 0 fully saturated rings. The molecule has 0 atom stereocenters. The zero-order chi connectivity index (χ0) is 23.6. The number of hydrogen-bond donors (Lipinski definition) is 2. The van der Waals surface area contributed by atoms with E-state index in [9.17, 15) is 14.9 Å². The molecule has 0 heterocycles. The van der Waals surface area contributed by atoms with Crippen molar-refractivity contribution in [1.82, 2.24) is 5.32 Å². The minimum atomic E-state index is -0.524. The van der Waals surface area contributed by atoms with E-state index in [4.69, 9.17) is 16.3 Å². The highest BCUT2D eigenvalue weighted by molar-refractivity contribution is 6.30. The molecule has 0 spiro atoms. The molecule has 3 aromatic rings. The van der Waals surface area contributed by atoms with E-state index < -0.39 is 5.91 Å². The van der Waals surface area contributed by atoms with Gasteiger partial charge in [0.15, 0.2) is 6.61 Å². The smallest absolute Gasteiger partial charge is 0.262 e. The van der Waals surface area contributed by atoms with Crippen LogP contribution in [-0.2, 0) is 16.1 Å². The summed E-state index contributed by atoms with van der Waals surface area (Å²) in [6.45, 7) is 2.00. The lowest BCUT2D eigenvalue weighted by atomic mass is 10.1. The van der Waals surface area contributed by atoms with Gasteiger partial charge in [0.25, 0.3) is 11.8 Å². The molecule has 166 valence electrons. The lowest BCUT2D eigenvalue weighted by molar-refractivity contribution is -0.118. The number of aryl methyl sites for hydroxylation is 1. The SMILES string of the molecule is Cc1ccc(NC(=O)COc2ccc(Cl)cc2/C=C(\C#N)C(=O)NCc2ccccc2)cc1. The third-order valence-electron chi connectivity index (χ3n) is 4.63. The molecule has 6 nitrogen and oxygen atoms in total. The summed E-state index contributed by atoms with van der Waals surface area (Å²) in [5.41, 5.74) is 2.96. The maximum atomic E-state index is 12.5. The second-order valence-electron chi connectivity index (χ2n) is 7.22. The first-order valence-corrected chi connectivity index (χ1v) is 10.5. The molecule has 0 unspecified atom stereocenters. The van der Waals surface area contributed by atoms with Crippen LogP contribution in [0, 0.1) is 18.3 Å². The van der Waals surface area contributed by atoms with E-state index >= 15 is 0 Å². The van der Waals surface area contributed by atoms with Crippen molar-refractivity contribution in [3.05, 3.63) is 100 Å². The molecule has 2 amide bonds. The predicted molar refractivity (Wildman–Crippen MR) is 129 cm³/mol. The summed E-state index contributed by atoms with van der Waals surface area (Å²) in [4.78, 5) is 24.8. The van der Waals surface area contributed by atoms with Gasteiger partial charge in [-0.1, -0.05) is 59.6 Å². The number of nitrogens with zero attached hydrogens (tertiary/aromatic N) is 1. The Kier molecular flexibility index (Phi) is 8.23. The number of ether oxygens (including phenoxy) is 1. The minimum Gasteiger partial charge on any atom is -0.483 e. The number of halogens is 1. The molecule has 7 heteroatoms. The molecule has 0 aliphatic rings. The molecular formula is C26H22ClN3O3. The van der Waals surface area contributed by atoms with Crippen molar-refractivity contribution in [3.8, 4) is 11.8 Å². The van der Waals surface area contributed by atoms with Gasteiger partial charge in [0, 0.05) is 22.8 Å². The van der Waals surface area contributed by atoms with Gasteiger partial charge in [0.05, 0.1) is 0 Å². The van der Waals surface area contributed by atoms with Gasteiger partial charge < -0.3 is 15.4 Å². The average molecular weight is 460 g/mol. The van der Waals surface area contributed by atoms with E-state index in [2.05, 4.69) is 10.6 Å². The van der Waals surface area contributed by atoms with Crippen LogP contribution >= 0.6 is 11.6 Å². The number of carbonyl (C=O) groups is 2. The van der Waals surface area contributed by atoms with Crippen molar-refractivity contribution in [1.29, 1.82) is 5.26 Å². The molecule has 0 aliphatic heterocycles. The minimum absolute atomic E-state index is 0.109. The summed E-state index contributed by atoms with van der Waals surface area (Å²) in [5.74, 6) is -0.545. The van der Waals surface area contributed by atoms with Crippen LogP contribution in [0.1, 0.15) is 16.7 Å². The molecular weight excluding hydrogens is 438 g/mol. The highest BCUT2D eigenvalue weighted by Crippen LogP contribution is 2.25. The molecule has 3 aromatic carbocycles. The summed E-state index contributed by atoms with van der Waals surface area (Å²) in [6, 6.07) is 23.4. The number of carbonyl (C=O) groups excluding carboxylic acids is 2. The number of benzene rings is 3. The predicted octanol–water partition coefficient (Wildman–Crippen LogP) is 4.89. The summed E-state index contributed by atoms with van der Waals surface area (Å²) < 4.78 is 5.65. The third-order valence-corrected chi connectivity index (χ3v) is 4.86. The first-order valence-electron chi connectivity index (χ1n) is 10.2. The Morgan fingerprint density at radius 3 is 2.48 bits per heavy atom. The molecule has 0 bridgehead atoms. The Morgan fingerprint density at radius 1 is 1.06 bits per heavy atom. The van der Waals surface area contributed by atoms with E-state index in [1.807, 2.05) is 55.5 Å². The monoisotopic (exact) mass is 459 g/mol. The fraction of sp³-hybridized carbons (Fsp3) is 0.115. The maximum absolute atomic E-state index is 12.5. The maximum Gasteiger partial charge on any atom is 0.262 e. The topological polar surface area (TPSA) is 91.2 Å². The second-order valence-corrected chi connectivity index (χ2v) is 7.66. The number of nitrogens with one attached hydrogen (secondary N) is 2. The van der Waals surface area contributed by atoms with Crippen molar-refractivity contribution < 1.29 is 14.3 Å². The Labute approximate surface area is 197 Å². The number of hydrogen-bond acceptors (Lipinski definition) is 4. The molecule has 3 rings (SSSR count). The van der Waals surface area contributed by atoms with E-state index in [1.165, 1.54) is 6.08 Å². The van der Waals surface area contributed by atoms with Crippen LogP contribution in [0.15, 0.2) is 78.4 Å². The van der Waals surface area contributed by atoms with Crippen LogP contribution in [0.5, 0.6) is 5.75 Å². The first kappa shape index (κ1) is 23.6. The van der Waals surface area contributed by atoms with Gasteiger partial charge in [-0.25, -0.2) is 0 Å². The van der Waals surface area contributed by atoms with E-state index in [-0.39, 0.29) is 24.6 Å². The largest absolute Gasteiger partial charge is 0.483 e. The molecule has 0 aromatic heterocycles. The van der Waals surface area contributed by atoms with Gasteiger partial charge in [-0.05, 0) is 48.9 Å². The van der Waals surface area contributed by atoms with Gasteiger partial charge in [-0.3, -0.25) is 9.59 Å². The fourth-order valence-electron chi connectivity index (χ4n) is 2.92. The Bertz CT molecular complexity index is 1200. The second kappa shape index (κ2) is 11.5. The van der Waals surface area contributed by atoms with Crippen LogP contribution in [0.3, 0.4) is 0 Å². The summed E-state index contributed by atoms with van der Waals surface area (Å²) in [7, 11) is 0. The number of rotatable bonds is 8. The highest BCUT2D eigenvalue weighted by Gasteiger charge is 2.12. The van der Waals surface area contributed by atoms with Gasteiger partial charge in [-0.2, -0.15) is 5.26 Å². The van der Waals surface area contributed by atoms with E-state index in [0.717, 1.165) is 11.1 Å². The Balaban J connectivity index is 1.68. The molecule has 0 saturated heterocycles. The van der Waals surface area contributed by atoms with Crippen LogP contribution in [0.2, 0.25) is 5.02 Å². The van der Waals surface area contributed by atoms with Gasteiger partial charge in [-0.15, -0.1) is 0 Å². The van der Waals surface area contributed by atoms with Crippen molar-refractivity contribution in [3.63, 3.8) is 0 Å². The highest BCUT2D eigenvalue weighted by atomic mass is 35.5. The molecule has 0 radical (unpaired) electrons. The van der Waals surface area contributed by atoms with Gasteiger partial charge in [0.1, 0.15) is 17.4 Å². The van der Waals surface area contributed by atoms with Crippen molar-refractivity contribution in [2.45, 2.75) is 13.5 Å². The van der Waals surface area contributed by atoms with Crippen molar-refractivity contribution in [2.75, 3.05) is 11.9 Å². The number of nitriles is 1. The number of amides is 2. The van der Waals surface area contributed by atoms with Gasteiger partial charge >= 0.3 is 0 Å². The quantitative estimate of drug-likeness (QED) is 0.370. The zero-order valence-electron chi connectivity index (χ0n) is 18.0. The Hall–Kier alpha value is -4.08. The zero-order valence-corrected chi connectivity index (χ0v) is 18.7. The standard InChI is InChI=1S/C26H22ClN3O3/c1-18-7-10-23(11-8-18)30-25(31)17-33-24-12-9-22(27)14-20(24)13-21(15-28)26(32)29-16-19-5-3-2-4-6-19/h2-14H,16-17H2,1H3,(H,29,32)(H,30,31)/b21-13+. The van der Waals surface area contributed by atoms with Crippen molar-refractivity contribution in [2.24, 2.45) is 0 Å². The lowest BCUT2D eigenvalue weighted by Crippen LogP contribution is -2.24. The average Bonchev–Trinajstić information content (AvgIpc) is 2.82. The number of anilines is 1. The molecule has 0 saturated carbocycles. The Morgan fingerprint density at radius 2 is 1.79 bits per heavy atom. The van der Waals surface area contributed by atoms with Crippen LogP contribution < -0.4 is 15.4 Å². The first-order chi connectivity index (χ1) is 15.9. The molecule has 2 N–H and O–H groups in total. The summed E-state index contributed by atoms with van der Waals surface area (Å²) in [5, 5.41) is 15.4.